The van der Waals surface area contributed by atoms with Crippen molar-refractivity contribution in [2.75, 3.05) is 5.32 Å². The number of hydrogen-bond donors (Lipinski definition) is 2. The van der Waals surface area contributed by atoms with E-state index in [1.807, 2.05) is 37.3 Å². The van der Waals surface area contributed by atoms with Crippen LogP contribution in [-0.4, -0.2) is 12.1 Å². The number of nitrogens with zero attached hydrogens (tertiary/aromatic N) is 2. The van der Waals surface area contributed by atoms with Crippen LogP contribution in [0.25, 0.3) is 0 Å². The third kappa shape index (κ3) is 6.85. The Hall–Kier alpha value is -3.29. The van der Waals surface area contributed by atoms with Crippen molar-refractivity contribution < 1.29 is 18.4 Å². The van der Waals surface area contributed by atoms with Crippen molar-refractivity contribution in [2.24, 2.45) is 10.4 Å². The van der Waals surface area contributed by atoms with Crippen molar-refractivity contribution in [1.82, 2.24) is 5.32 Å². The second-order valence-corrected chi connectivity index (χ2v) is 5.68. The summed E-state index contributed by atoms with van der Waals surface area (Å²) < 4.78 is 26.4. The maximum atomic E-state index is 13.5. The Morgan fingerprint density at radius 1 is 1.22 bits per heavy atom. The number of benzene rings is 2. The van der Waals surface area contributed by atoms with Crippen LogP contribution < -0.4 is 10.6 Å². The van der Waals surface area contributed by atoms with Crippen molar-refractivity contribution in [3.8, 4) is 0 Å². The maximum Gasteiger partial charge on any atom is 0.326 e. The zero-order chi connectivity index (χ0) is 19.6. The van der Waals surface area contributed by atoms with Crippen molar-refractivity contribution >= 4 is 11.7 Å². The molecule has 0 fully saturated rings. The molecular weight excluding hydrogens is 354 g/mol. The van der Waals surface area contributed by atoms with Gasteiger partial charge in [0, 0.05) is 11.3 Å². The molecule has 2 aromatic rings. The van der Waals surface area contributed by atoms with Crippen molar-refractivity contribution in [1.29, 1.82) is 0 Å². The minimum Gasteiger partial charge on any atom is -0.321 e. The number of nitrogens with one attached hydrogen (secondary N) is 2. The van der Waals surface area contributed by atoms with Gasteiger partial charge in [0.25, 0.3) is 0 Å². The molecule has 8 heteroatoms. The molecule has 0 radical (unpaired) electrons. The van der Waals surface area contributed by atoms with Crippen molar-refractivity contribution in [2.45, 2.75) is 26.3 Å². The zero-order valence-electron chi connectivity index (χ0n) is 14.9. The summed E-state index contributed by atoms with van der Waals surface area (Å²) in [4.78, 5) is 16.9. The molecule has 0 saturated carbocycles. The summed E-state index contributed by atoms with van der Waals surface area (Å²) in [5.74, 6) is -1.60. The molecule has 2 N–H and O–H groups in total. The highest BCUT2D eigenvalue weighted by Crippen LogP contribution is 2.14. The summed E-state index contributed by atoms with van der Waals surface area (Å²) in [6.45, 7) is 3.50. The quantitative estimate of drug-likeness (QED) is 0.408. The Labute approximate surface area is 155 Å². The Kier molecular flexibility index (Phi) is 7.42. The largest absolute Gasteiger partial charge is 0.326 e. The molecule has 0 aliphatic heterocycles. The van der Waals surface area contributed by atoms with Gasteiger partial charge in [-0.25, -0.2) is 13.6 Å². The first-order valence-corrected chi connectivity index (χ1v) is 8.28. The predicted molar refractivity (Wildman–Crippen MR) is 97.8 cm³/mol. The second kappa shape index (κ2) is 10.0. The minimum atomic E-state index is -0.887. The van der Waals surface area contributed by atoms with Crippen LogP contribution in [0.2, 0.25) is 0 Å². The summed E-state index contributed by atoms with van der Waals surface area (Å²) in [6.07, 6.45) is 2.15. The number of halogens is 2. The number of allylic oxidation sites excluding steroid dienone is 1. The highest BCUT2D eigenvalue weighted by atomic mass is 19.1. The number of hydrogen-bond acceptors (Lipinski definition) is 4. The van der Waals surface area contributed by atoms with E-state index in [1.54, 1.807) is 6.92 Å². The summed E-state index contributed by atoms with van der Waals surface area (Å²) in [7, 11) is 0. The van der Waals surface area contributed by atoms with Gasteiger partial charge in [-0.1, -0.05) is 30.3 Å². The van der Waals surface area contributed by atoms with E-state index in [1.165, 1.54) is 6.08 Å². The molecule has 6 nitrogen and oxygen atoms in total. The molecule has 142 valence electrons. The van der Waals surface area contributed by atoms with E-state index < -0.39 is 17.7 Å². The molecular formula is C19H20F2N4O2. The molecule has 0 aliphatic rings. The Morgan fingerprint density at radius 2 is 1.96 bits per heavy atom. The fraction of sp³-hybridized carbons (Fsp3) is 0.211. The lowest BCUT2D eigenvalue weighted by atomic mass is 10.1. The smallest absolute Gasteiger partial charge is 0.321 e. The number of carbonyl (C=O) groups excluding carboxylic acids is 1. The first kappa shape index (κ1) is 20.0. The molecule has 27 heavy (non-hydrogen) atoms. The molecule has 2 aromatic carbocycles. The lowest BCUT2D eigenvalue weighted by Gasteiger charge is -2.09. The standard InChI is InChI=1S/C19H20F2N4O2/c1-3-18(23-19(26)22-17-10-9-15(20)12-16(17)21)27-25-24-13(2)11-14-7-5-4-6-8-14/h3-10,12-13H,11H2,1-2H3,(H2,22,23,26)/b18-3-,25-24?. The average Bonchev–Trinajstić information content (AvgIpc) is 2.64. The molecule has 2 amide bonds. The van der Waals surface area contributed by atoms with E-state index in [2.05, 4.69) is 21.0 Å². The molecule has 1 atom stereocenters. The van der Waals surface area contributed by atoms with Gasteiger partial charge in [-0.15, -0.1) is 5.11 Å². The van der Waals surface area contributed by atoms with Gasteiger partial charge >= 0.3 is 6.03 Å². The van der Waals surface area contributed by atoms with Crippen LogP contribution in [0.1, 0.15) is 19.4 Å². The Bertz CT molecular complexity index is 826. The van der Waals surface area contributed by atoms with Gasteiger partial charge in [-0.05, 0) is 44.0 Å². The van der Waals surface area contributed by atoms with Crippen molar-refractivity contribution in [3.05, 3.63) is 77.7 Å². The summed E-state index contributed by atoms with van der Waals surface area (Å²) in [6, 6.07) is 11.8. The van der Waals surface area contributed by atoms with Crippen LogP contribution in [0.5, 0.6) is 0 Å². The summed E-state index contributed by atoms with van der Waals surface area (Å²) >= 11 is 0. The fourth-order valence-electron chi connectivity index (χ4n) is 2.15. The van der Waals surface area contributed by atoms with E-state index in [0.717, 1.165) is 17.7 Å². The van der Waals surface area contributed by atoms with Crippen LogP contribution in [0.3, 0.4) is 0 Å². The molecule has 0 spiro atoms. The van der Waals surface area contributed by atoms with E-state index in [4.69, 9.17) is 4.84 Å². The van der Waals surface area contributed by atoms with E-state index in [-0.39, 0.29) is 17.6 Å². The van der Waals surface area contributed by atoms with E-state index in [9.17, 15) is 13.6 Å². The van der Waals surface area contributed by atoms with Crippen LogP contribution >= 0.6 is 0 Å². The SMILES string of the molecule is C/C=C(/NC(=O)Nc1ccc(F)cc1F)ON=NC(C)Cc1ccccc1. The van der Waals surface area contributed by atoms with Gasteiger partial charge in [0.1, 0.15) is 11.6 Å². The minimum absolute atomic E-state index is 0.0191. The van der Waals surface area contributed by atoms with Gasteiger partial charge in [0.05, 0.1) is 11.7 Å². The summed E-state index contributed by atoms with van der Waals surface area (Å²) in [5.41, 5.74) is 0.955. The summed E-state index contributed by atoms with van der Waals surface area (Å²) in [5, 5.41) is 12.2. The van der Waals surface area contributed by atoms with Crippen LogP contribution in [-0.2, 0) is 11.3 Å². The lowest BCUT2D eigenvalue weighted by molar-refractivity contribution is 0.175. The fourth-order valence-corrected chi connectivity index (χ4v) is 2.15. The maximum absolute atomic E-state index is 13.5. The van der Waals surface area contributed by atoms with Crippen LogP contribution in [0.4, 0.5) is 19.3 Å². The zero-order valence-corrected chi connectivity index (χ0v) is 14.9. The predicted octanol–water partition coefficient (Wildman–Crippen LogP) is 4.96. The highest BCUT2D eigenvalue weighted by molar-refractivity contribution is 5.90. The first-order valence-electron chi connectivity index (χ1n) is 8.28. The van der Waals surface area contributed by atoms with E-state index in [0.29, 0.717) is 12.5 Å². The Balaban J connectivity index is 1.83. The Morgan fingerprint density at radius 3 is 2.63 bits per heavy atom. The van der Waals surface area contributed by atoms with Gasteiger partial charge in [-0.3, -0.25) is 5.32 Å². The number of rotatable bonds is 7. The van der Waals surface area contributed by atoms with Crippen molar-refractivity contribution in [3.63, 3.8) is 0 Å². The number of anilines is 1. The molecule has 0 aromatic heterocycles. The van der Waals surface area contributed by atoms with Gasteiger partial charge in [0.2, 0.25) is 5.88 Å². The third-order valence-corrected chi connectivity index (χ3v) is 3.44. The van der Waals surface area contributed by atoms with Gasteiger partial charge in [0.15, 0.2) is 0 Å². The highest BCUT2D eigenvalue weighted by Gasteiger charge is 2.10. The molecule has 2 rings (SSSR count). The molecule has 1 unspecified atom stereocenters. The van der Waals surface area contributed by atoms with Gasteiger partial charge < -0.3 is 10.2 Å². The molecule has 0 heterocycles. The first-order chi connectivity index (χ1) is 13.0. The average molecular weight is 374 g/mol. The van der Waals surface area contributed by atoms with Gasteiger partial charge in [-0.2, -0.15) is 0 Å². The lowest BCUT2D eigenvalue weighted by Crippen LogP contribution is -2.29. The monoisotopic (exact) mass is 374 g/mol. The number of amides is 2. The number of carbonyl (C=O) groups is 1. The molecule has 0 saturated heterocycles. The topological polar surface area (TPSA) is 75.1 Å². The number of urea groups is 1. The third-order valence-electron chi connectivity index (χ3n) is 3.44. The van der Waals surface area contributed by atoms with E-state index >= 15 is 0 Å². The second-order valence-electron chi connectivity index (χ2n) is 5.68. The molecule has 0 aliphatic carbocycles. The van der Waals surface area contributed by atoms with Crippen LogP contribution in [0.15, 0.2) is 70.9 Å². The normalized spacial score (nSPS) is 12.7. The molecule has 0 bridgehead atoms. The van der Waals surface area contributed by atoms with Crippen LogP contribution in [0, 0.1) is 11.6 Å².